The van der Waals surface area contributed by atoms with Gasteiger partial charge in [-0.25, -0.2) is 4.39 Å². The lowest BCUT2D eigenvalue weighted by molar-refractivity contribution is 0.242. The van der Waals surface area contributed by atoms with E-state index in [1.165, 1.54) is 6.07 Å². The highest BCUT2D eigenvalue weighted by Crippen LogP contribution is 2.22. The quantitative estimate of drug-likeness (QED) is 0.864. The molecule has 2 nitrogen and oxygen atoms in total. The smallest absolute Gasteiger partial charge is 0.123 e. The van der Waals surface area contributed by atoms with Crippen molar-refractivity contribution in [2.45, 2.75) is 33.4 Å². The summed E-state index contributed by atoms with van der Waals surface area (Å²) < 4.78 is 18.8. The predicted molar refractivity (Wildman–Crippen MR) is 80.7 cm³/mol. The Hall–Kier alpha value is -2.03. The second-order valence-corrected chi connectivity index (χ2v) is 5.13. The Morgan fingerprint density at radius 2 is 1.95 bits per heavy atom. The Kier molecular flexibility index (Phi) is 4.61. The van der Waals surface area contributed by atoms with Crippen LogP contribution in [0.1, 0.15) is 25.0 Å². The topological polar surface area (TPSA) is 21.3 Å². The van der Waals surface area contributed by atoms with Crippen LogP contribution in [0.25, 0.3) is 0 Å². The van der Waals surface area contributed by atoms with Crippen molar-refractivity contribution in [2.24, 2.45) is 0 Å². The Balaban J connectivity index is 2.03. The first kappa shape index (κ1) is 14.4. The van der Waals surface area contributed by atoms with Crippen LogP contribution in [-0.2, 0) is 6.54 Å². The summed E-state index contributed by atoms with van der Waals surface area (Å²) in [5.41, 5.74) is 3.07. The lowest BCUT2D eigenvalue weighted by atomic mass is 10.1. The number of rotatable bonds is 5. The molecule has 2 aromatic carbocycles. The highest BCUT2D eigenvalue weighted by atomic mass is 19.1. The molecule has 106 valence electrons. The van der Waals surface area contributed by atoms with E-state index in [9.17, 15) is 4.39 Å². The summed E-state index contributed by atoms with van der Waals surface area (Å²) >= 11 is 0. The van der Waals surface area contributed by atoms with Crippen molar-refractivity contribution in [3.8, 4) is 5.75 Å². The van der Waals surface area contributed by atoms with Crippen LogP contribution < -0.4 is 10.1 Å². The fourth-order valence-electron chi connectivity index (χ4n) is 2.02. The van der Waals surface area contributed by atoms with Gasteiger partial charge in [-0.3, -0.25) is 0 Å². The average molecular weight is 273 g/mol. The zero-order valence-electron chi connectivity index (χ0n) is 12.1. The summed E-state index contributed by atoms with van der Waals surface area (Å²) in [6, 6.07) is 12.6. The average Bonchev–Trinajstić information content (AvgIpc) is 2.37. The Morgan fingerprint density at radius 3 is 2.60 bits per heavy atom. The molecule has 0 bridgehead atoms. The number of ether oxygens (including phenoxy) is 1. The molecule has 0 amide bonds. The van der Waals surface area contributed by atoms with Gasteiger partial charge in [-0.15, -0.1) is 0 Å². The van der Waals surface area contributed by atoms with Crippen molar-refractivity contribution in [3.63, 3.8) is 0 Å². The van der Waals surface area contributed by atoms with Crippen LogP contribution in [-0.4, -0.2) is 6.10 Å². The van der Waals surface area contributed by atoms with Gasteiger partial charge in [0, 0.05) is 12.2 Å². The molecule has 0 aromatic heterocycles. The van der Waals surface area contributed by atoms with E-state index >= 15 is 0 Å². The monoisotopic (exact) mass is 273 g/mol. The van der Waals surface area contributed by atoms with Crippen LogP contribution in [0.15, 0.2) is 42.5 Å². The molecule has 2 rings (SSSR count). The van der Waals surface area contributed by atoms with E-state index in [4.69, 9.17) is 4.74 Å². The Labute approximate surface area is 119 Å². The lowest BCUT2D eigenvalue weighted by Gasteiger charge is -2.14. The number of hydrogen-bond acceptors (Lipinski definition) is 2. The molecule has 3 heteroatoms. The fourth-order valence-corrected chi connectivity index (χ4v) is 2.02. The van der Waals surface area contributed by atoms with E-state index in [1.807, 2.05) is 45.0 Å². The molecule has 2 aromatic rings. The molecule has 0 atom stereocenters. The second kappa shape index (κ2) is 6.42. The molecule has 1 N–H and O–H groups in total. The highest BCUT2D eigenvalue weighted by Gasteiger charge is 2.03. The molecule has 0 heterocycles. The molecule has 0 saturated carbocycles. The SMILES string of the molecule is Cc1cc(OC(C)C)ccc1NCc1cccc(F)c1. The molecule has 0 aliphatic rings. The Bertz CT molecular complexity index is 581. The van der Waals surface area contributed by atoms with Crippen LogP contribution in [0.2, 0.25) is 0 Å². The molecule has 20 heavy (non-hydrogen) atoms. The maximum absolute atomic E-state index is 13.1. The van der Waals surface area contributed by atoms with Crippen LogP contribution in [0.5, 0.6) is 5.75 Å². The lowest BCUT2D eigenvalue weighted by Crippen LogP contribution is -2.06. The van der Waals surface area contributed by atoms with E-state index in [0.29, 0.717) is 6.54 Å². The third-order valence-electron chi connectivity index (χ3n) is 2.94. The number of benzene rings is 2. The molecule has 0 aliphatic carbocycles. The summed E-state index contributed by atoms with van der Waals surface area (Å²) in [6.07, 6.45) is 0.167. The van der Waals surface area contributed by atoms with Gasteiger partial charge in [0.2, 0.25) is 0 Å². The molecular weight excluding hydrogens is 253 g/mol. The van der Waals surface area contributed by atoms with Gasteiger partial charge in [0.05, 0.1) is 6.10 Å². The molecule has 0 unspecified atom stereocenters. The standard InChI is InChI=1S/C17H20FNO/c1-12(2)20-16-7-8-17(13(3)9-16)19-11-14-5-4-6-15(18)10-14/h4-10,12,19H,11H2,1-3H3. The van der Waals surface area contributed by atoms with Gasteiger partial charge in [-0.1, -0.05) is 12.1 Å². The summed E-state index contributed by atoms with van der Waals surface area (Å²) in [4.78, 5) is 0. The summed E-state index contributed by atoms with van der Waals surface area (Å²) in [5, 5.41) is 3.31. The first-order valence-electron chi connectivity index (χ1n) is 6.80. The van der Waals surface area contributed by atoms with Crippen LogP contribution in [0.4, 0.5) is 10.1 Å². The highest BCUT2D eigenvalue weighted by molar-refractivity contribution is 5.53. The maximum Gasteiger partial charge on any atom is 0.123 e. The minimum Gasteiger partial charge on any atom is -0.491 e. The van der Waals surface area contributed by atoms with Crippen LogP contribution in [0, 0.1) is 12.7 Å². The molecular formula is C17H20FNO. The number of hydrogen-bond donors (Lipinski definition) is 1. The van der Waals surface area contributed by atoms with Crippen molar-refractivity contribution in [2.75, 3.05) is 5.32 Å². The fraction of sp³-hybridized carbons (Fsp3) is 0.294. The molecule has 0 fully saturated rings. The minimum atomic E-state index is -0.207. The summed E-state index contributed by atoms with van der Waals surface area (Å²) in [5.74, 6) is 0.663. The number of halogens is 1. The van der Waals surface area contributed by atoms with Crippen LogP contribution >= 0.6 is 0 Å². The Morgan fingerprint density at radius 1 is 1.15 bits per heavy atom. The van der Waals surface area contributed by atoms with Gasteiger partial charge in [-0.2, -0.15) is 0 Å². The third kappa shape index (κ3) is 3.98. The van der Waals surface area contributed by atoms with Gasteiger partial charge in [0.1, 0.15) is 11.6 Å². The molecule has 0 spiro atoms. The first-order chi connectivity index (χ1) is 9.54. The van der Waals surface area contributed by atoms with Crippen molar-refractivity contribution in [1.82, 2.24) is 0 Å². The third-order valence-corrected chi connectivity index (χ3v) is 2.94. The van der Waals surface area contributed by atoms with Gasteiger partial charge >= 0.3 is 0 Å². The van der Waals surface area contributed by atoms with Crippen molar-refractivity contribution >= 4 is 5.69 Å². The van der Waals surface area contributed by atoms with Gasteiger partial charge in [0.25, 0.3) is 0 Å². The van der Waals surface area contributed by atoms with Crippen LogP contribution in [0.3, 0.4) is 0 Å². The van der Waals surface area contributed by atoms with Crippen molar-refractivity contribution in [1.29, 1.82) is 0 Å². The van der Waals surface area contributed by atoms with Gasteiger partial charge < -0.3 is 10.1 Å². The van der Waals surface area contributed by atoms with Crippen molar-refractivity contribution < 1.29 is 9.13 Å². The van der Waals surface area contributed by atoms with E-state index in [-0.39, 0.29) is 11.9 Å². The van der Waals surface area contributed by atoms with E-state index in [2.05, 4.69) is 5.32 Å². The van der Waals surface area contributed by atoms with E-state index in [1.54, 1.807) is 12.1 Å². The normalized spacial score (nSPS) is 10.7. The second-order valence-electron chi connectivity index (χ2n) is 5.13. The zero-order valence-corrected chi connectivity index (χ0v) is 12.1. The first-order valence-corrected chi connectivity index (χ1v) is 6.80. The molecule has 0 aliphatic heterocycles. The maximum atomic E-state index is 13.1. The van der Waals surface area contributed by atoms with Crippen molar-refractivity contribution in [3.05, 3.63) is 59.4 Å². The minimum absolute atomic E-state index is 0.167. The summed E-state index contributed by atoms with van der Waals surface area (Å²) in [7, 11) is 0. The largest absolute Gasteiger partial charge is 0.491 e. The molecule has 0 radical (unpaired) electrons. The van der Waals surface area contributed by atoms with E-state index in [0.717, 1.165) is 22.6 Å². The number of anilines is 1. The number of aryl methyl sites for hydroxylation is 1. The van der Waals surface area contributed by atoms with E-state index < -0.39 is 0 Å². The molecule has 0 saturated heterocycles. The summed E-state index contributed by atoms with van der Waals surface area (Å²) in [6.45, 7) is 6.64. The number of nitrogens with one attached hydrogen (secondary N) is 1. The predicted octanol–water partition coefficient (Wildman–Crippen LogP) is 4.53. The zero-order chi connectivity index (χ0) is 14.5. The van der Waals surface area contributed by atoms with Gasteiger partial charge in [-0.05, 0) is 62.2 Å². The van der Waals surface area contributed by atoms with Gasteiger partial charge in [0.15, 0.2) is 0 Å².